The summed E-state index contributed by atoms with van der Waals surface area (Å²) in [6.07, 6.45) is 0.781. The highest BCUT2D eigenvalue weighted by atomic mass is 32.1. The molecule has 6 nitrogen and oxygen atoms in total. The smallest absolute Gasteiger partial charge is 0.273 e. The molecule has 3 heterocycles. The summed E-state index contributed by atoms with van der Waals surface area (Å²) in [6.45, 7) is 0.617. The lowest BCUT2D eigenvalue weighted by molar-refractivity contribution is 0.0991. The van der Waals surface area contributed by atoms with Gasteiger partial charge in [-0.15, -0.1) is 11.3 Å². The average Bonchev–Trinajstić information content (AvgIpc) is 3.53. The highest BCUT2D eigenvalue weighted by Gasteiger charge is 2.26. The number of aryl methyl sites for hydroxylation is 1. The minimum atomic E-state index is -0.328. The third-order valence-electron chi connectivity index (χ3n) is 5.47. The second-order valence-electron chi connectivity index (χ2n) is 7.53. The molecule has 0 fully saturated rings. The van der Waals surface area contributed by atoms with Gasteiger partial charge in [0.25, 0.3) is 11.8 Å². The van der Waals surface area contributed by atoms with Crippen molar-refractivity contribution in [3.05, 3.63) is 88.0 Å². The van der Waals surface area contributed by atoms with Gasteiger partial charge in [-0.25, -0.2) is 4.39 Å². The first-order valence-electron chi connectivity index (χ1n) is 10.1. The van der Waals surface area contributed by atoms with Gasteiger partial charge in [0.1, 0.15) is 11.5 Å². The number of rotatable bonds is 4. The Morgan fingerprint density at radius 1 is 1.09 bits per heavy atom. The lowest BCUT2D eigenvalue weighted by Crippen LogP contribution is -2.28. The molecule has 160 valence electrons. The van der Waals surface area contributed by atoms with Crippen LogP contribution in [0.3, 0.4) is 0 Å². The third-order valence-corrected chi connectivity index (χ3v) is 6.33. The highest BCUT2D eigenvalue weighted by Crippen LogP contribution is 2.33. The summed E-state index contributed by atoms with van der Waals surface area (Å²) < 4.78 is 14.7. The zero-order valence-corrected chi connectivity index (χ0v) is 18.0. The van der Waals surface area contributed by atoms with Gasteiger partial charge in [-0.3, -0.25) is 14.3 Å². The zero-order chi connectivity index (χ0) is 22.2. The number of nitrogens with zero attached hydrogens (tertiary/aromatic N) is 3. The number of carbonyl (C=O) groups is 2. The second kappa shape index (κ2) is 8.05. The van der Waals surface area contributed by atoms with Crippen molar-refractivity contribution in [1.82, 2.24) is 9.78 Å². The quantitative estimate of drug-likeness (QED) is 0.492. The third kappa shape index (κ3) is 3.69. The second-order valence-corrected chi connectivity index (χ2v) is 8.47. The predicted octanol–water partition coefficient (Wildman–Crippen LogP) is 4.74. The summed E-state index contributed by atoms with van der Waals surface area (Å²) in [6, 6.07) is 16.9. The topological polar surface area (TPSA) is 67.2 Å². The molecule has 1 aliphatic heterocycles. The number of halogens is 1. The summed E-state index contributed by atoms with van der Waals surface area (Å²) >= 11 is 1.42. The predicted molar refractivity (Wildman–Crippen MR) is 123 cm³/mol. The average molecular weight is 447 g/mol. The molecule has 8 heteroatoms. The SMILES string of the molecule is Cn1nc(-c2ccc(F)cc2)cc1C(=O)Nc1ccc2c(c1)N(C(=O)c1cccs1)CC2. The van der Waals surface area contributed by atoms with E-state index in [1.54, 1.807) is 30.1 Å². The van der Waals surface area contributed by atoms with Crippen LogP contribution in [0.4, 0.5) is 15.8 Å². The largest absolute Gasteiger partial charge is 0.321 e. The zero-order valence-electron chi connectivity index (χ0n) is 17.2. The Morgan fingerprint density at radius 2 is 1.91 bits per heavy atom. The minimum Gasteiger partial charge on any atom is -0.321 e. The maximum absolute atomic E-state index is 13.2. The van der Waals surface area contributed by atoms with Gasteiger partial charge in [0, 0.05) is 30.5 Å². The molecule has 4 aromatic rings. The van der Waals surface area contributed by atoms with Crippen LogP contribution in [0, 0.1) is 5.82 Å². The lowest BCUT2D eigenvalue weighted by atomic mass is 10.1. The Bertz CT molecular complexity index is 1310. The fourth-order valence-corrected chi connectivity index (χ4v) is 4.51. The van der Waals surface area contributed by atoms with Crippen LogP contribution in [0.25, 0.3) is 11.3 Å². The Hall–Kier alpha value is -3.78. The van der Waals surface area contributed by atoms with E-state index in [0.717, 1.165) is 23.2 Å². The maximum Gasteiger partial charge on any atom is 0.273 e. The molecule has 2 aromatic carbocycles. The van der Waals surface area contributed by atoms with Crippen molar-refractivity contribution < 1.29 is 14.0 Å². The van der Waals surface area contributed by atoms with Crippen molar-refractivity contribution in [2.75, 3.05) is 16.8 Å². The Kier molecular flexibility index (Phi) is 5.07. The fraction of sp³-hybridized carbons (Fsp3) is 0.125. The van der Waals surface area contributed by atoms with Crippen molar-refractivity contribution in [1.29, 1.82) is 0 Å². The minimum absolute atomic E-state index is 0.0298. The van der Waals surface area contributed by atoms with Gasteiger partial charge in [-0.1, -0.05) is 12.1 Å². The van der Waals surface area contributed by atoms with Gasteiger partial charge in [0.15, 0.2) is 0 Å². The normalized spacial score (nSPS) is 12.6. The van der Waals surface area contributed by atoms with E-state index in [4.69, 9.17) is 0 Å². The molecule has 0 unspecified atom stereocenters. The molecule has 0 spiro atoms. The van der Waals surface area contributed by atoms with E-state index >= 15 is 0 Å². The highest BCUT2D eigenvalue weighted by molar-refractivity contribution is 7.12. The van der Waals surface area contributed by atoms with Crippen molar-refractivity contribution >= 4 is 34.5 Å². The molecule has 2 aromatic heterocycles. The van der Waals surface area contributed by atoms with Crippen LogP contribution in [-0.2, 0) is 13.5 Å². The van der Waals surface area contributed by atoms with Gasteiger partial charge < -0.3 is 10.2 Å². The molecule has 5 rings (SSSR count). The van der Waals surface area contributed by atoms with Crippen molar-refractivity contribution in [2.45, 2.75) is 6.42 Å². The van der Waals surface area contributed by atoms with Crippen molar-refractivity contribution in [2.24, 2.45) is 7.05 Å². The van der Waals surface area contributed by atoms with E-state index in [-0.39, 0.29) is 17.6 Å². The molecule has 0 bridgehead atoms. The molecule has 1 aliphatic rings. The van der Waals surface area contributed by atoms with Gasteiger partial charge in [-0.05, 0) is 65.9 Å². The summed E-state index contributed by atoms with van der Waals surface area (Å²) in [5.74, 6) is -0.675. The van der Waals surface area contributed by atoms with E-state index in [0.29, 0.717) is 28.5 Å². The van der Waals surface area contributed by atoms with E-state index < -0.39 is 0 Å². The Balaban J connectivity index is 1.37. The number of hydrogen-bond donors (Lipinski definition) is 1. The van der Waals surface area contributed by atoms with Crippen LogP contribution in [0.2, 0.25) is 0 Å². The van der Waals surface area contributed by atoms with E-state index in [1.165, 1.54) is 28.2 Å². The number of benzene rings is 2. The maximum atomic E-state index is 13.2. The molecule has 0 radical (unpaired) electrons. The van der Waals surface area contributed by atoms with E-state index in [2.05, 4.69) is 10.4 Å². The van der Waals surface area contributed by atoms with Gasteiger partial charge >= 0.3 is 0 Å². The number of amides is 2. The Morgan fingerprint density at radius 3 is 2.66 bits per heavy atom. The fourth-order valence-electron chi connectivity index (χ4n) is 3.84. The van der Waals surface area contributed by atoms with Crippen LogP contribution < -0.4 is 10.2 Å². The molecular weight excluding hydrogens is 427 g/mol. The first-order valence-corrected chi connectivity index (χ1v) is 11.0. The van der Waals surface area contributed by atoms with Crippen molar-refractivity contribution in [3.63, 3.8) is 0 Å². The number of thiophene rings is 1. The molecule has 0 saturated heterocycles. The monoisotopic (exact) mass is 446 g/mol. The van der Waals surface area contributed by atoms with Crippen LogP contribution in [0.1, 0.15) is 25.7 Å². The Labute approximate surface area is 187 Å². The van der Waals surface area contributed by atoms with Gasteiger partial charge in [-0.2, -0.15) is 5.10 Å². The number of nitrogens with one attached hydrogen (secondary N) is 1. The molecule has 0 aliphatic carbocycles. The molecular formula is C24H19FN4O2S. The van der Waals surface area contributed by atoms with Gasteiger partial charge in [0.05, 0.1) is 10.6 Å². The summed E-state index contributed by atoms with van der Waals surface area (Å²) in [4.78, 5) is 28.2. The number of fused-ring (bicyclic) bond motifs is 1. The summed E-state index contributed by atoms with van der Waals surface area (Å²) in [5, 5.41) is 9.16. The number of anilines is 2. The summed E-state index contributed by atoms with van der Waals surface area (Å²) in [5.41, 5.74) is 4.17. The van der Waals surface area contributed by atoms with Crippen LogP contribution >= 0.6 is 11.3 Å². The van der Waals surface area contributed by atoms with Gasteiger partial charge in [0.2, 0.25) is 0 Å². The standard InChI is InChI=1S/C24H19FN4O2S/c1-28-21(14-19(27-28)15-4-7-17(25)8-5-15)23(30)26-18-9-6-16-10-11-29(20(16)13-18)24(31)22-3-2-12-32-22/h2-9,12-14H,10-11H2,1H3,(H,26,30). The van der Waals surface area contributed by atoms with Crippen LogP contribution in [0.5, 0.6) is 0 Å². The molecule has 2 amide bonds. The molecule has 1 N–H and O–H groups in total. The van der Waals surface area contributed by atoms with E-state index in [1.807, 2.05) is 35.7 Å². The lowest BCUT2D eigenvalue weighted by Gasteiger charge is -2.17. The molecule has 0 saturated carbocycles. The molecule has 32 heavy (non-hydrogen) atoms. The number of aromatic nitrogens is 2. The van der Waals surface area contributed by atoms with Crippen LogP contribution in [0.15, 0.2) is 66.0 Å². The molecule has 0 atom stereocenters. The first-order chi connectivity index (χ1) is 15.5. The first kappa shape index (κ1) is 20.1. The number of carbonyl (C=O) groups excluding carboxylic acids is 2. The van der Waals surface area contributed by atoms with E-state index in [9.17, 15) is 14.0 Å². The van der Waals surface area contributed by atoms with Crippen molar-refractivity contribution in [3.8, 4) is 11.3 Å². The summed E-state index contributed by atoms with van der Waals surface area (Å²) in [7, 11) is 1.69. The number of hydrogen-bond acceptors (Lipinski definition) is 4. The van der Waals surface area contributed by atoms with Crippen LogP contribution in [-0.4, -0.2) is 28.1 Å².